The summed E-state index contributed by atoms with van der Waals surface area (Å²) in [5, 5.41) is 2.87. The lowest BCUT2D eigenvalue weighted by Gasteiger charge is -2.31. The van der Waals surface area contributed by atoms with Gasteiger partial charge in [-0.05, 0) is 32.3 Å². The van der Waals surface area contributed by atoms with Crippen LogP contribution in [0.3, 0.4) is 0 Å². The van der Waals surface area contributed by atoms with Gasteiger partial charge in [-0.2, -0.15) is 0 Å². The largest absolute Gasteiger partial charge is 0.493 e. The summed E-state index contributed by atoms with van der Waals surface area (Å²) in [5.74, 6) is -0.490. The smallest absolute Gasteiger partial charge is 0.341 e. The number of carbonyl (C=O) groups is 2. The molecule has 0 spiro atoms. The molecule has 1 aliphatic rings. The van der Waals surface area contributed by atoms with Gasteiger partial charge in [0, 0.05) is 16.8 Å². The fraction of sp³-hybridized carbons (Fsp3) is 0.500. The van der Waals surface area contributed by atoms with Gasteiger partial charge in [0.05, 0.1) is 19.8 Å². The average Bonchev–Trinajstić information content (AvgIpc) is 2.86. The Kier molecular flexibility index (Phi) is 12.7. The summed E-state index contributed by atoms with van der Waals surface area (Å²) in [5.41, 5.74) is 3.28. The topological polar surface area (TPSA) is 77.0 Å². The third-order valence-corrected chi connectivity index (χ3v) is 6.40. The predicted molar refractivity (Wildman–Crippen MR) is 147 cm³/mol. The third kappa shape index (κ3) is 8.21. The van der Waals surface area contributed by atoms with Crippen molar-refractivity contribution in [1.29, 1.82) is 0 Å². The molecule has 1 aromatic rings. The van der Waals surface area contributed by atoms with Crippen LogP contribution >= 0.6 is 0 Å². The summed E-state index contributed by atoms with van der Waals surface area (Å²) in [4.78, 5) is 29.0. The number of benzene rings is 1. The van der Waals surface area contributed by atoms with Gasteiger partial charge in [0.15, 0.2) is 0 Å². The van der Waals surface area contributed by atoms with Crippen LogP contribution in [0.5, 0.6) is 5.75 Å². The van der Waals surface area contributed by atoms with E-state index in [1.54, 1.807) is 13.0 Å². The molecule has 0 saturated carbocycles. The second-order valence-corrected chi connectivity index (χ2v) is 9.02. The highest BCUT2D eigenvalue weighted by Crippen LogP contribution is 2.39. The van der Waals surface area contributed by atoms with Gasteiger partial charge in [0.2, 0.25) is 0 Å². The number of aliphatic imine (C=N–C) groups is 1. The Hall–Kier alpha value is -3.15. The first kappa shape index (κ1) is 29.1. The fourth-order valence-electron chi connectivity index (χ4n) is 4.60. The maximum atomic E-state index is 12.7. The van der Waals surface area contributed by atoms with E-state index in [9.17, 15) is 9.59 Å². The molecule has 0 bridgehead atoms. The van der Waals surface area contributed by atoms with Gasteiger partial charge in [-0.1, -0.05) is 94.5 Å². The number of ether oxygens (including phenoxy) is 2. The molecule has 2 unspecified atom stereocenters. The number of urea groups is 1. The maximum absolute atomic E-state index is 12.7. The minimum atomic E-state index is -0.724. The van der Waals surface area contributed by atoms with Crippen molar-refractivity contribution >= 4 is 23.3 Å². The zero-order chi connectivity index (χ0) is 26.3. The van der Waals surface area contributed by atoms with E-state index in [1.165, 1.54) is 45.6 Å². The van der Waals surface area contributed by atoms with Gasteiger partial charge in [0.25, 0.3) is 0 Å². The molecule has 6 nitrogen and oxygen atoms in total. The van der Waals surface area contributed by atoms with Crippen molar-refractivity contribution in [1.82, 2.24) is 5.32 Å². The molecular formula is C30H42N2O4. The zero-order valence-electron chi connectivity index (χ0n) is 22.3. The first-order valence-electron chi connectivity index (χ1n) is 13.2. The van der Waals surface area contributed by atoms with Crippen molar-refractivity contribution in [3.05, 3.63) is 60.2 Å². The maximum Gasteiger partial charge on any atom is 0.341 e. The van der Waals surface area contributed by atoms with Gasteiger partial charge in [0.1, 0.15) is 11.7 Å². The Morgan fingerprint density at radius 1 is 1.11 bits per heavy atom. The van der Waals surface area contributed by atoms with Crippen LogP contribution in [0, 0.1) is 5.92 Å². The molecule has 1 aromatic carbocycles. The van der Waals surface area contributed by atoms with Gasteiger partial charge in [-0.3, -0.25) is 4.79 Å². The SMILES string of the molecule is C=CC=CC=C(CCCCCCCCC)c1cccc(C2NC(=O)N=C(C)C2C(=O)OC)c1OCC. The van der Waals surface area contributed by atoms with Crippen molar-refractivity contribution in [2.45, 2.75) is 78.2 Å². The van der Waals surface area contributed by atoms with E-state index in [4.69, 9.17) is 9.47 Å². The van der Waals surface area contributed by atoms with Gasteiger partial charge < -0.3 is 14.8 Å². The lowest BCUT2D eigenvalue weighted by Crippen LogP contribution is -2.44. The first-order chi connectivity index (χ1) is 17.5. The van der Waals surface area contributed by atoms with Crippen LogP contribution in [0.4, 0.5) is 4.79 Å². The molecule has 36 heavy (non-hydrogen) atoms. The number of unbranched alkanes of at least 4 members (excludes halogenated alkanes) is 6. The molecule has 6 heteroatoms. The first-order valence-corrected chi connectivity index (χ1v) is 13.2. The second kappa shape index (κ2) is 15.8. The monoisotopic (exact) mass is 494 g/mol. The summed E-state index contributed by atoms with van der Waals surface area (Å²) in [6.07, 6.45) is 17.3. The van der Waals surface area contributed by atoms with Crippen molar-refractivity contribution in [2.75, 3.05) is 13.7 Å². The Bertz CT molecular complexity index is 977. The molecular weight excluding hydrogens is 452 g/mol. The van der Waals surface area contributed by atoms with Crippen LogP contribution in [-0.4, -0.2) is 31.4 Å². The Morgan fingerprint density at radius 3 is 2.50 bits per heavy atom. The molecule has 2 atom stereocenters. The fourth-order valence-corrected chi connectivity index (χ4v) is 4.60. The van der Waals surface area contributed by atoms with Gasteiger partial charge in [-0.25, -0.2) is 9.79 Å². The quantitative estimate of drug-likeness (QED) is 0.157. The summed E-state index contributed by atoms with van der Waals surface area (Å²) in [6, 6.07) is 4.79. The summed E-state index contributed by atoms with van der Waals surface area (Å²) < 4.78 is 11.2. The Morgan fingerprint density at radius 2 is 1.83 bits per heavy atom. The molecule has 2 rings (SSSR count). The molecule has 0 radical (unpaired) electrons. The van der Waals surface area contributed by atoms with Crippen molar-refractivity contribution in [2.24, 2.45) is 10.9 Å². The van der Waals surface area contributed by atoms with Crippen molar-refractivity contribution < 1.29 is 19.1 Å². The van der Waals surface area contributed by atoms with Crippen molar-refractivity contribution in [3.8, 4) is 5.75 Å². The van der Waals surface area contributed by atoms with E-state index in [0.29, 0.717) is 18.1 Å². The molecule has 1 N–H and O–H groups in total. The number of hydrogen-bond donors (Lipinski definition) is 1. The van der Waals surface area contributed by atoms with Crippen LogP contribution in [0.2, 0.25) is 0 Å². The number of amides is 2. The molecule has 1 aliphatic heterocycles. The van der Waals surface area contributed by atoms with E-state index in [-0.39, 0.29) is 0 Å². The standard InChI is InChI=1S/C30H42N2O4/c1-6-9-11-12-13-14-16-19-23(18-15-10-7-2)24-20-17-21-25(28(24)36-8-3)27-26(29(33)35-5)22(4)31-30(34)32-27/h7,10,15,17-18,20-21,26-27H,2,6,8-9,11-14,16,19H2,1,3-5H3,(H,32,34). The number of nitrogens with one attached hydrogen (secondary N) is 1. The highest BCUT2D eigenvalue weighted by atomic mass is 16.5. The van der Waals surface area contributed by atoms with Crippen LogP contribution < -0.4 is 10.1 Å². The van der Waals surface area contributed by atoms with E-state index in [0.717, 1.165) is 29.5 Å². The molecule has 0 fully saturated rings. The molecule has 196 valence electrons. The van der Waals surface area contributed by atoms with E-state index in [1.807, 2.05) is 37.3 Å². The Balaban J connectivity index is 2.43. The number of carbonyl (C=O) groups excluding carboxylic acids is 2. The zero-order valence-corrected chi connectivity index (χ0v) is 22.3. The van der Waals surface area contributed by atoms with E-state index in [2.05, 4.69) is 29.9 Å². The summed E-state index contributed by atoms with van der Waals surface area (Å²) in [6.45, 7) is 10.1. The number of methoxy groups -OCH3 is 1. The van der Waals surface area contributed by atoms with E-state index >= 15 is 0 Å². The molecule has 2 amide bonds. The normalized spacial score (nSPS) is 18.1. The van der Waals surface area contributed by atoms with Crippen LogP contribution in [0.15, 0.2) is 54.1 Å². The summed E-state index contributed by atoms with van der Waals surface area (Å²) >= 11 is 0. The van der Waals surface area contributed by atoms with Gasteiger partial charge in [-0.15, -0.1) is 0 Å². The highest BCUT2D eigenvalue weighted by molar-refractivity contribution is 6.08. The molecule has 0 aromatic heterocycles. The second-order valence-electron chi connectivity index (χ2n) is 9.02. The lowest BCUT2D eigenvalue weighted by molar-refractivity contribution is -0.143. The van der Waals surface area contributed by atoms with E-state index < -0.39 is 24.0 Å². The third-order valence-electron chi connectivity index (χ3n) is 6.40. The molecule has 0 saturated heterocycles. The van der Waals surface area contributed by atoms with Crippen LogP contribution in [-0.2, 0) is 9.53 Å². The molecule has 0 aliphatic carbocycles. The minimum absolute atomic E-state index is 0.427. The predicted octanol–water partition coefficient (Wildman–Crippen LogP) is 7.37. The average molecular weight is 495 g/mol. The minimum Gasteiger partial charge on any atom is -0.493 e. The Labute approximate surface area is 216 Å². The van der Waals surface area contributed by atoms with Gasteiger partial charge >= 0.3 is 12.0 Å². The van der Waals surface area contributed by atoms with Crippen LogP contribution in [0.1, 0.15) is 89.3 Å². The number of rotatable bonds is 15. The highest BCUT2D eigenvalue weighted by Gasteiger charge is 2.39. The number of hydrogen-bond acceptors (Lipinski definition) is 4. The number of para-hydroxylation sites is 1. The summed E-state index contributed by atoms with van der Waals surface area (Å²) in [7, 11) is 1.35. The van der Waals surface area contributed by atoms with Crippen LogP contribution in [0.25, 0.3) is 5.57 Å². The number of esters is 1. The number of allylic oxidation sites excluding steroid dienone is 5. The van der Waals surface area contributed by atoms with Crippen molar-refractivity contribution in [3.63, 3.8) is 0 Å². The molecule has 1 heterocycles. The lowest BCUT2D eigenvalue weighted by atomic mass is 9.85. The number of nitrogens with zero attached hydrogens (tertiary/aromatic N) is 1.